The van der Waals surface area contributed by atoms with E-state index < -0.39 is 41.8 Å². The Morgan fingerprint density at radius 3 is 2.13 bits per heavy atom. The molecule has 2 rings (SSSR count). The van der Waals surface area contributed by atoms with Crippen molar-refractivity contribution in [3.63, 3.8) is 0 Å². The van der Waals surface area contributed by atoms with Crippen LogP contribution in [0.3, 0.4) is 0 Å². The van der Waals surface area contributed by atoms with E-state index in [-0.39, 0.29) is 6.42 Å². The van der Waals surface area contributed by atoms with Crippen LogP contribution in [0.2, 0.25) is 0 Å². The number of carbonyl (C=O) groups is 3. The van der Waals surface area contributed by atoms with Gasteiger partial charge in [0, 0.05) is 12.0 Å². The van der Waals surface area contributed by atoms with Crippen molar-refractivity contribution in [1.29, 1.82) is 5.26 Å². The Hall–Kier alpha value is -3.70. The van der Waals surface area contributed by atoms with Gasteiger partial charge in [-0.25, -0.2) is 0 Å². The number of nitrogens with two attached hydrogens (primary N) is 1. The van der Waals surface area contributed by atoms with Crippen molar-refractivity contribution in [2.45, 2.75) is 31.5 Å². The first-order valence-corrected chi connectivity index (χ1v) is 9.40. The summed E-state index contributed by atoms with van der Waals surface area (Å²) in [5.74, 6) is -2.72. The van der Waals surface area contributed by atoms with Crippen LogP contribution in [0, 0.1) is 17.2 Å². The monoisotopic (exact) mass is 408 g/mol. The van der Waals surface area contributed by atoms with E-state index >= 15 is 0 Å². The van der Waals surface area contributed by atoms with Gasteiger partial charge in [0.1, 0.15) is 6.04 Å². The second kappa shape index (κ2) is 10.7. The number of rotatable bonds is 9. The van der Waals surface area contributed by atoms with E-state index in [0.29, 0.717) is 11.1 Å². The zero-order valence-corrected chi connectivity index (χ0v) is 16.5. The first-order chi connectivity index (χ1) is 14.3. The number of nitrogens with zero attached hydrogens (tertiary/aromatic N) is 1. The van der Waals surface area contributed by atoms with Gasteiger partial charge >= 0.3 is 0 Å². The van der Waals surface area contributed by atoms with Crippen LogP contribution in [0.25, 0.3) is 0 Å². The van der Waals surface area contributed by atoms with Crippen molar-refractivity contribution in [1.82, 2.24) is 10.6 Å². The van der Waals surface area contributed by atoms with Crippen molar-refractivity contribution in [2.75, 3.05) is 0 Å². The highest BCUT2D eigenvalue weighted by Gasteiger charge is 2.33. The third-order valence-electron chi connectivity index (χ3n) is 4.65. The molecule has 0 aliphatic heterocycles. The molecule has 8 heteroatoms. The van der Waals surface area contributed by atoms with Gasteiger partial charge in [-0.15, -0.1) is 0 Å². The van der Waals surface area contributed by atoms with Gasteiger partial charge in [-0.1, -0.05) is 55.5 Å². The summed E-state index contributed by atoms with van der Waals surface area (Å²) in [6.45, 7) is 1.59. The molecule has 0 bridgehead atoms. The molecule has 30 heavy (non-hydrogen) atoms. The summed E-state index contributed by atoms with van der Waals surface area (Å²) in [5, 5.41) is 24.6. The van der Waals surface area contributed by atoms with Crippen molar-refractivity contribution in [3.8, 4) is 6.07 Å². The van der Waals surface area contributed by atoms with Gasteiger partial charge in [-0.3, -0.25) is 14.4 Å². The molecule has 0 aliphatic carbocycles. The first kappa shape index (κ1) is 22.6. The molecule has 0 saturated heterocycles. The number of nitriles is 1. The molecule has 5 N–H and O–H groups in total. The smallest absolute Gasteiger partial charge is 0.252 e. The topological polar surface area (TPSA) is 145 Å². The summed E-state index contributed by atoms with van der Waals surface area (Å²) in [4.78, 5) is 37.0. The summed E-state index contributed by atoms with van der Waals surface area (Å²) in [6, 6.07) is 16.6. The van der Waals surface area contributed by atoms with Gasteiger partial charge in [0.05, 0.1) is 12.1 Å². The summed E-state index contributed by atoms with van der Waals surface area (Å²) >= 11 is 0. The van der Waals surface area contributed by atoms with E-state index in [2.05, 4.69) is 10.6 Å². The molecule has 0 unspecified atom stereocenters. The van der Waals surface area contributed by atoms with Crippen LogP contribution in [0.5, 0.6) is 0 Å². The predicted octanol–water partition coefficient (Wildman–Crippen LogP) is 1.04. The van der Waals surface area contributed by atoms with Crippen molar-refractivity contribution >= 4 is 17.7 Å². The summed E-state index contributed by atoms with van der Waals surface area (Å²) in [7, 11) is 0. The van der Waals surface area contributed by atoms with Crippen LogP contribution in [-0.4, -0.2) is 35.0 Å². The number of aliphatic hydroxyl groups excluding tert-OH is 1. The normalized spacial score (nSPS) is 14.4. The Bertz CT molecular complexity index is 912. The highest BCUT2D eigenvalue weighted by molar-refractivity contribution is 5.95. The lowest BCUT2D eigenvalue weighted by Crippen LogP contribution is -2.53. The number of nitrogens with one attached hydrogen (secondary N) is 2. The standard InChI is InChI=1S/C22H24N4O4/c1-14(12-13-23)17(20(24)28)25-22(30)19(27)18(15-8-4-2-5-9-15)26-21(29)16-10-6-3-7-11-16/h2-11,14,17-19,27H,12H2,1H3,(H2,24,28)(H,25,30)(H,26,29)/t14-,17+,18+,19-/m1/s1. The Morgan fingerprint density at radius 2 is 1.60 bits per heavy atom. The third kappa shape index (κ3) is 5.90. The number of benzene rings is 2. The van der Waals surface area contributed by atoms with Gasteiger partial charge in [-0.2, -0.15) is 5.26 Å². The van der Waals surface area contributed by atoms with E-state index in [4.69, 9.17) is 11.0 Å². The minimum atomic E-state index is -1.70. The van der Waals surface area contributed by atoms with Crippen LogP contribution in [-0.2, 0) is 9.59 Å². The molecule has 0 aliphatic rings. The summed E-state index contributed by atoms with van der Waals surface area (Å²) in [6.07, 6.45) is -1.70. The predicted molar refractivity (Wildman–Crippen MR) is 110 cm³/mol. The van der Waals surface area contributed by atoms with Gasteiger partial charge < -0.3 is 21.5 Å². The van der Waals surface area contributed by atoms with Gasteiger partial charge in [0.25, 0.3) is 11.8 Å². The fourth-order valence-corrected chi connectivity index (χ4v) is 2.96. The molecular formula is C22H24N4O4. The van der Waals surface area contributed by atoms with Crippen LogP contribution in [0.4, 0.5) is 0 Å². The highest BCUT2D eigenvalue weighted by Crippen LogP contribution is 2.19. The van der Waals surface area contributed by atoms with E-state index in [1.54, 1.807) is 67.6 Å². The van der Waals surface area contributed by atoms with E-state index in [0.717, 1.165) is 0 Å². The SMILES string of the molecule is C[C@H](CC#N)[C@H](NC(=O)[C@H](O)[C@@H](NC(=O)c1ccccc1)c1ccccc1)C(N)=O. The molecule has 4 atom stereocenters. The Balaban J connectivity index is 2.24. The quantitative estimate of drug-likeness (QED) is 0.490. The molecule has 0 spiro atoms. The van der Waals surface area contributed by atoms with Crippen LogP contribution < -0.4 is 16.4 Å². The molecule has 156 valence electrons. The molecule has 0 aromatic heterocycles. The molecule has 0 fully saturated rings. The van der Waals surface area contributed by atoms with Gasteiger partial charge in [0.15, 0.2) is 6.10 Å². The van der Waals surface area contributed by atoms with Crippen molar-refractivity contribution in [2.24, 2.45) is 11.7 Å². The van der Waals surface area contributed by atoms with Gasteiger partial charge in [0.2, 0.25) is 5.91 Å². The number of primary amides is 1. The average molecular weight is 408 g/mol. The van der Waals surface area contributed by atoms with Crippen LogP contribution in [0.1, 0.15) is 35.3 Å². The zero-order valence-electron chi connectivity index (χ0n) is 16.5. The average Bonchev–Trinajstić information content (AvgIpc) is 2.76. The second-order valence-corrected chi connectivity index (χ2v) is 6.90. The van der Waals surface area contributed by atoms with E-state index in [1.165, 1.54) is 0 Å². The third-order valence-corrected chi connectivity index (χ3v) is 4.65. The minimum absolute atomic E-state index is 0.00314. The maximum atomic E-state index is 12.7. The summed E-state index contributed by atoms with van der Waals surface area (Å²) in [5.41, 5.74) is 6.22. The van der Waals surface area contributed by atoms with E-state index in [9.17, 15) is 19.5 Å². The molecule has 8 nitrogen and oxygen atoms in total. The summed E-state index contributed by atoms with van der Waals surface area (Å²) < 4.78 is 0. The zero-order chi connectivity index (χ0) is 22.1. The molecule has 3 amide bonds. The molecule has 2 aromatic carbocycles. The van der Waals surface area contributed by atoms with Gasteiger partial charge in [-0.05, 0) is 23.6 Å². The van der Waals surface area contributed by atoms with Crippen molar-refractivity contribution < 1.29 is 19.5 Å². The number of hydrogen-bond donors (Lipinski definition) is 4. The number of carbonyl (C=O) groups excluding carboxylic acids is 3. The minimum Gasteiger partial charge on any atom is -0.381 e. The Morgan fingerprint density at radius 1 is 1.03 bits per heavy atom. The van der Waals surface area contributed by atoms with E-state index in [1.807, 2.05) is 6.07 Å². The molecule has 0 saturated carbocycles. The first-order valence-electron chi connectivity index (χ1n) is 9.40. The lowest BCUT2D eigenvalue weighted by molar-refractivity contribution is -0.135. The molecule has 0 heterocycles. The maximum Gasteiger partial charge on any atom is 0.252 e. The highest BCUT2D eigenvalue weighted by atomic mass is 16.3. The maximum absolute atomic E-state index is 12.7. The Labute approximate surface area is 174 Å². The number of amides is 3. The lowest BCUT2D eigenvalue weighted by Gasteiger charge is -2.27. The number of hydrogen-bond acceptors (Lipinski definition) is 5. The number of aliphatic hydroxyl groups is 1. The van der Waals surface area contributed by atoms with Crippen LogP contribution in [0.15, 0.2) is 60.7 Å². The second-order valence-electron chi connectivity index (χ2n) is 6.90. The molecular weight excluding hydrogens is 384 g/mol. The fourth-order valence-electron chi connectivity index (χ4n) is 2.96. The Kier molecular flexibility index (Phi) is 8.08. The lowest BCUT2D eigenvalue weighted by atomic mass is 9.96. The largest absolute Gasteiger partial charge is 0.381 e. The van der Waals surface area contributed by atoms with Crippen molar-refractivity contribution in [3.05, 3.63) is 71.8 Å². The fraction of sp³-hybridized carbons (Fsp3) is 0.273. The molecule has 2 aromatic rings. The van der Waals surface area contributed by atoms with Crippen LogP contribution >= 0.6 is 0 Å². The molecule has 0 radical (unpaired) electrons.